The zero-order valence-corrected chi connectivity index (χ0v) is 25.4. The zero-order valence-electron chi connectivity index (χ0n) is 25.4. The molecule has 9 nitrogen and oxygen atoms in total. The summed E-state index contributed by atoms with van der Waals surface area (Å²) in [7, 11) is 1.65. The van der Waals surface area contributed by atoms with Crippen LogP contribution in [0.25, 0.3) is 0 Å². The van der Waals surface area contributed by atoms with E-state index in [1.54, 1.807) is 7.11 Å². The summed E-state index contributed by atoms with van der Waals surface area (Å²) in [4.78, 5) is 27.2. The Kier molecular flexibility index (Phi) is 7.82. The smallest absolute Gasteiger partial charge is 0.270 e. The summed E-state index contributed by atoms with van der Waals surface area (Å²) in [5.41, 5.74) is 1.86. The number of ether oxygens (including phenoxy) is 2. The van der Waals surface area contributed by atoms with Crippen molar-refractivity contribution in [3.05, 3.63) is 59.7 Å². The second kappa shape index (κ2) is 11.7. The Morgan fingerprint density at radius 3 is 2.60 bits per heavy atom. The Hall–Kier alpha value is -3.14. The van der Waals surface area contributed by atoms with Gasteiger partial charge >= 0.3 is 0 Å². The van der Waals surface area contributed by atoms with E-state index in [-0.39, 0.29) is 18.2 Å². The number of piperidine rings is 1. The molecule has 1 N–H and O–H groups in total. The van der Waals surface area contributed by atoms with Crippen molar-refractivity contribution in [2.45, 2.75) is 101 Å². The maximum Gasteiger partial charge on any atom is 0.270 e. The number of likely N-dealkylation sites (tertiary alicyclic amines) is 3. The molecule has 5 atom stereocenters. The number of hydrogen-bond donors (Lipinski definition) is 1. The van der Waals surface area contributed by atoms with E-state index in [2.05, 4.69) is 45.3 Å². The van der Waals surface area contributed by atoms with Gasteiger partial charge in [0.05, 0.1) is 31.2 Å². The lowest BCUT2D eigenvalue weighted by Gasteiger charge is -2.48. The minimum absolute atomic E-state index is 0.0528. The molecule has 2 aromatic carbocycles. The molecule has 1 saturated carbocycles. The first-order valence-electron chi connectivity index (χ1n) is 16.0. The number of benzene rings is 2. The highest BCUT2D eigenvalue weighted by Crippen LogP contribution is 2.39. The number of hydrogen-bond acceptors (Lipinski definition) is 8. The monoisotopic (exact) mass is 588 g/mol. The summed E-state index contributed by atoms with van der Waals surface area (Å²) in [5, 5.41) is 15.1. The van der Waals surface area contributed by atoms with Crippen LogP contribution in [-0.2, 0) is 16.2 Å². The average Bonchev–Trinajstić information content (AvgIpc) is 3.83. The molecule has 0 spiro atoms. The van der Waals surface area contributed by atoms with Crippen LogP contribution in [0.5, 0.6) is 11.5 Å². The molecule has 0 aromatic heterocycles. The fourth-order valence-electron chi connectivity index (χ4n) is 7.88. The predicted molar refractivity (Wildman–Crippen MR) is 163 cm³/mol. The molecular weight excluding hydrogens is 544 g/mol. The molecule has 3 saturated heterocycles. The third-order valence-corrected chi connectivity index (χ3v) is 10.2. The summed E-state index contributed by atoms with van der Waals surface area (Å²) in [6.07, 6.45) is 6.77. The lowest BCUT2D eigenvalue weighted by atomic mass is 9.92. The molecule has 2 aromatic rings. The maximum atomic E-state index is 14.2. The van der Waals surface area contributed by atoms with Crippen LogP contribution in [-0.4, -0.2) is 94.2 Å². The first-order valence-corrected chi connectivity index (χ1v) is 16.0. The van der Waals surface area contributed by atoms with Crippen LogP contribution in [0, 0.1) is 0 Å². The van der Waals surface area contributed by atoms with E-state index < -0.39 is 11.7 Å². The molecular formula is C34H44N4O5. The minimum atomic E-state index is -1.10. The van der Waals surface area contributed by atoms with E-state index in [0.717, 1.165) is 50.2 Å². The van der Waals surface area contributed by atoms with Crippen molar-refractivity contribution in [1.29, 1.82) is 0 Å². The Morgan fingerprint density at radius 1 is 1.05 bits per heavy atom. The molecule has 1 amide bonds. The Morgan fingerprint density at radius 2 is 1.86 bits per heavy atom. The van der Waals surface area contributed by atoms with Gasteiger partial charge in [-0.2, -0.15) is 0 Å². The first-order chi connectivity index (χ1) is 20.9. The number of piperazine rings is 1. The number of aliphatic hydroxyl groups excluding tert-OH is 1. The first kappa shape index (κ1) is 28.6. The van der Waals surface area contributed by atoms with Crippen molar-refractivity contribution in [3.63, 3.8) is 0 Å². The second-order valence-electron chi connectivity index (χ2n) is 13.2. The van der Waals surface area contributed by atoms with Gasteiger partial charge in [0.25, 0.3) is 5.91 Å². The van der Waals surface area contributed by atoms with Crippen LogP contribution >= 0.6 is 0 Å². The van der Waals surface area contributed by atoms with Gasteiger partial charge in [0.15, 0.2) is 11.5 Å². The van der Waals surface area contributed by atoms with Gasteiger partial charge in [-0.05, 0) is 69.2 Å². The van der Waals surface area contributed by atoms with Gasteiger partial charge in [0.1, 0.15) is 0 Å². The zero-order chi connectivity index (χ0) is 29.6. The van der Waals surface area contributed by atoms with Gasteiger partial charge < -0.3 is 24.3 Å². The average molecular weight is 589 g/mol. The van der Waals surface area contributed by atoms with Crippen LogP contribution in [0.4, 0.5) is 0 Å². The van der Waals surface area contributed by atoms with Crippen LogP contribution < -0.4 is 9.47 Å². The number of methoxy groups -OCH3 is 1. The third-order valence-electron chi connectivity index (χ3n) is 10.2. The minimum Gasteiger partial charge on any atom is -0.493 e. The van der Waals surface area contributed by atoms with Crippen LogP contribution in [0.1, 0.15) is 69.4 Å². The Balaban J connectivity index is 1.04. The van der Waals surface area contributed by atoms with Crippen molar-refractivity contribution in [1.82, 2.24) is 14.7 Å². The molecule has 4 fully saturated rings. The third kappa shape index (κ3) is 5.63. The standard InChI is InChI=1S/C34H44N4O5/c1-34(19-29(35-43-34)24-12-13-30(41-2)31(16-24)42-28-10-6-7-11-28)33(40)37-15-14-27(39)18-32(37)38-22-25-17-26(38)21-36(25)20-23-8-4-3-5-9-23/h3-5,8-9,12-13,16,25-28,32,39H,6-7,10-11,14-15,17-22H2,1-2H3. The molecule has 0 radical (unpaired) electrons. The number of carbonyl (C=O) groups is 1. The highest BCUT2D eigenvalue weighted by molar-refractivity contribution is 6.05. The predicted octanol–water partition coefficient (Wildman–Crippen LogP) is 4.17. The van der Waals surface area contributed by atoms with Gasteiger partial charge in [-0.15, -0.1) is 0 Å². The number of oxime groups is 1. The Bertz CT molecular complexity index is 1350. The van der Waals surface area contributed by atoms with Crippen molar-refractivity contribution >= 4 is 11.6 Å². The summed E-state index contributed by atoms with van der Waals surface area (Å²) in [5.74, 6) is 1.36. The van der Waals surface area contributed by atoms with Crippen molar-refractivity contribution in [3.8, 4) is 11.5 Å². The van der Waals surface area contributed by atoms with Gasteiger partial charge in [-0.1, -0.05) is 35.5 Å². The van der Waals surface area contributed by atoms with Crippen LogP contribution in [0.15, 0.2) is 53.7 Å². The highest BCUT2D eigenvalue weighted by atomic mass is 16.7. The van der Waals surface area contributed by atoms with E-state index in [0.29, 0.717) is 49.4 Å². The molecule has 9 heteroatoms. The van der Waals surface area contributed by atoms with Crippen LogP contribution in [0.3, 0.4) is 0 Å². The molecule has 5 unspecified atom stereocenters. The largest absolute Gasteiger partial charge is 0.493 e. The quantitative estimate of drug-likeness (QED) is 0.496. The van der Waals surface area contributed by atoms with E-state index in [1.165, 1.54) is 18.4 Å². The van der Waals surface area contributed by atoms with Crippen molar-refractivity contribution < 1.29 is 24.2 Å². The van der Waals surface area contributed by atoms with Gasteiger partial charge in [0, 0.05) is 56.7 Å². The van der Waals surface area contributed by atoms with Crippen LogP contribution in [0.2, 0.25) is 0 Å². The summed E-state index contributed by atoms with van der Waals surface area (Å²) in [6, 6.07) is 17.3. The molecule has 7 rings (SSSR count). The Labute approximate surface area is 254 Å². The topological polar surface area (TPSA) is 87.1 Å². The summed E-state index contributed by atoms with van der Waals surface area (Å²) < 4.78 is 11.9. The highest BCUT2D eigenvalue weighted by Gasteiger charge is 2.52. The van der Waals surface area contributed by atoms with Gasteiger partial charge in [0.2, 0.25) is 5.60 Å². The number of amides is 1. The molecule has 4 aliphatic heterocycles. The molecule has 43 heavy (non-hydrogen) atoms. The lowest BCUT2D eigenvalue weighted by molar-refractivity contribution is -0.166. The molecule has 1 aliphatic carbocycles. The number of fused-ring (bicyclic) bond motifs is 2. The molecule has 2 bridgehead atoms. The fraction of sp³-hybridized carbons (Fsp3) is 0.588. The van der Waals surface area contributed by atoms with E-state index in [4.69, 9.17) is 14.3 Å². The number of nitrogens with zero attached hydrogens (tertiary/aromatic N) is 4. The summed E-state index contributed by atoms with van der Waals surface area (Å²) in [6.45, 7) is 5.22. The maximum absolute atomic E-state index is 14.2. The fourth-order valence-corrected chi connectivity index (χ4v) is 7.88. The van der Waals surface area contributed by atoms with Gasteiger partial charge in [-0.3, -0.25) is 14.6 Å². The number of rotatable bonds is 8. The lowest BCUT2D eigenvalue weighted by Crippen LogP contribution is -2.63. The van der Waals surface area contributed by atoms with E-state index in [1.807, 2.05) is 30.0 Å². The second-order valence-corrected chi connectivity index (χ2v) is 13.2. The van der Waals surface area contributed by atoms with Crippen molar-refractivity contribution in [2.75, 3.05) is 26.7 Å². The van der Waals surface area contributed by atoms with E-state index >= 15 is 0 Å². The SMILES string of the molecule is COc1ccc(C2=NOC(C)(C(=O)N3CCC(O)CC3N3CC4CC3CN4Cc3ccccc3)C2)cc1OC1CCCC1. The molecule has 230 valence electrons. The normalized spacial score (nSPS) is 31.3. The molecule has 4 heterocycles. The summed E-state index contributed by atoms with van der Waals surface area (Å²) >= 11 is 0. The number of aliphatic hydroxyl groups is 1. The van der Waals surface area contributed by atoms with Crippen molar-refractivity contribution in [2.24, 2.45) is 5.16 Å². The van der Waals surface area contributed by atoms with E-state index in [9.17, 15) is 9.90 Å². The number of carbonyl (C=O) groups excluding carboxylic acids is 1. The molecule has 5 aliphatic rings. The van der Waals surface area contributed by atoms with Gasteiger partial charge in [-0.25, -0.2) is 0 Å².